The topological polar surface area (TPSA) is 52.0 Å². The van der Waals surface area contributed by atoms with E-state index < -0.39 is 0 Å². The Bertz CT molecular complexity index is 48.1. The smallest absolute Gasteiger partial charge is 0.0403 e. The predicted octanol–water partition coefficient (Wildman–Crippen LogP) is 1.06. The van der Waals surface area contributed by atoms with Gasteiger partial charge in [0, 0.05) is 6.67 Å². The van der Waals surface area contributed by atoms with Crippen molar-refractivity contribution in [3.8, 4) is 0 Å². The molecule has 0 spiro atoms. The van der Waals surface area contributed by atoms with Crippen molar-refractivity contribution >= 4 is 0 Å². The van der Waals surface area contributed by atoms with Crippen molar-refractivity contribution in [3.63, 3.8) is 0 Å². The second-order valence-corrected chi connectivity index (χ2v) is 2.44. The lowest BCUT2D eigenvalue weighted by Crippen LogP contribution is -2.08. The zero-order chi connectivity index (χ0) is 7.11. The molecular formula is C7H18N2. The van der Waals surface area contributed by atoms with Gasteiger partial charge < -0.3 is 11.5 Å². The molecule has 1 saturated carbocycles. The summed E-state index contributed by atoms with van der Waals surface area (Å²) in [7, 11) is 0. The molecule has 0 aromatic heterocycles. The molecule has 0 saturated heterocycles. The Labute approximate surface area is 57.6 Å². The Morgan fingerprint density at radius 1 is 1.33 bits per heavy atom. The van der Waals surface area contributed by atoms with Gasteiger partial charge in [0.05, 0.1) is 0 Å². The van der Waals surface area contributed by atoms with E-state index in [1.54, 1.807) is 0 Å². The molecule has 0 aliphatic heterocycles. The highest BCUT2D eigenvalue weighted by molar-refractivity contribution is 4.66. The van der Waals surface area contributed by atoms with Crippen molar-refractivity contribution < 1.29 is 0 Å². The molecule has 9 heavy (non-hydrogen) atoms. The van der Waals surface area contributed by atoms with E-state index in [-0.39, 0.29) is 6.67 Å². The third-order valence-corrected chi connectivity index (χ3v) is 1.80. The molecule has 1 aliphatic rings. The normalized spacial score (nSPS) is 17.7. The van der Waals surface area contributed by atoms with Gasteiger partial charge in [-0.05, 0) is 5.92 Å². The van der Waals surface area contributed by atoms with E-state index in [2.05, 4.69) is 18.4 Å². The standard InChI is InChI=1S/C6H12.CH6N2/c1-2-6-4-3-5-6;2-1-3/h6H,2-5H2,1H3;1-3H2. The lowest BCUT2D eigenvalue weighted by molar-refractivity contribution is 0.307. The van der Waals surface area contributed by atoms with Crippen LogP contribution >= 0.6 is 0 Å². The number of rotatable bonds is 1. The summed E-state index contributed by atoms with van der Waals surface area (Å²) in [5.74, 6) is 1.12. The molecule has 56 valence electrons. The number of nitrogens with two attached hydrogens (primary N) is 2. The van der Waals surface area contributed by atoms with Crippen LogP contribution < -0.4 is 11.5 Å². The average Bonchev–Trinajstić information content (AvgIpc) is 1.64. The van der Waals surface area contributed by atoms with Gasteiger partial charge in [0.15, 0.2) is 0 Å². The van der Waals surface area contributed by atoms with Crippen LogP contribution in [0.4, 0.5) is 0 Å². The van der Waals surface area contributed by atoms with Gasteiger partial charge in [-0.1, -0.05) is 32.6 Å². The van der Waals surface area contributed by atoms with Gasteiger partial charge in [-0.2, -0.15) is 0 Å². The molecule has 1 rings (SSSR count). The zero-order valence-electron chi connectivity index (χ0n) is 6.27. The molecule has 1 fully saturated rings. The van der Waals surface area contributed by atoms with Crippen LogP contribution in [0.15, 0.2) is 0 Å². The molecule has 0 bridgehead atoms. The fraction of sp³-hybridized carbons (Fsp3) is 1.00. The van der Waals surface area contributed by atoms with Crippen LogP contribution in [0.5, 0.6) is 0 Å². The van der Waals surface area contributed by atoms with E-state index in [1.807, 2.05) is 0 Å². The highest BCUT2D eigenvalue weighted by Gasteiger charge is 2.13. The first-order valence-corrected chi connectivity index (χ1v) is 3.75. The van der Waals surface area contributed by atoms with Crippen molar-refractivity contribution in [2.24, 2.45) is 17.4 Å². The third-order valence-electron chi connectivity index (χ3n) is 1.80. The maximum atomic E-state index is 4.62. The summed E-state index contributed by atoms with van der Waals surface area (Å²) in [6.45, 7) is 2.53. The van der Waals surface area contributed by atoms with E-state index in [1.165, 1.54) is 25.7 Å². The van der Waals surface area contributed by atoms with E-state index in [0.717, 1.165) is 5.92 Å². The largest absolute Gasteiger partial charge is 0.319 e. The summed E-state index contributed by atoms with van der Waals surface area (Å²) in [4.78, 5) is 0. The minimum Gasteiger partial charge on any atom is -0.319 e. The van der Waals surface area contributed by atoms with Gasteiger partial charge in [-0.15, -0.1) is 0 Å². The summed E-state index contributed by atoms with van der Waals surface area (Å²) in [5.41, 5.74) is 9.25. The van der Waals surface area contributed by atoms with Crippen LogP contribution in [-0.4, -0.2) is 6.67 Å². The van der Waals surface area contributed by atoms with Crippen LogP contribution in [0.1, 0.15) is 32.6 Å². The molecule has 0 heterocycles. The fourth-order valence-electron chi connectivity index (χ4n) is 0.901. The van der Waals surface area contributed by atoms with Crippen LogP contribution in [0.2, 0.25) is 0 Å². The molecule has 1 aliphatic carbocycles. The number of hydrogen-bond acceptors (Lipinski definition) is 2. The van der Waals surface area contributed by atoms with Crippen molar-refractivity contribution in [3.05, 3.63) is 0 Å². The minimum atomic E-state index is 0.250. The second-order valence-electron chi connectivity index (χ2n) is 2.44. The zero-order valence-corrected chi connectivity index (χ0v) is 6.27. The summed E-state index contributed by atoms with van der Waals surface area (Å²) < 4.78 is 0. The van der Waals surface area contributed by atoms with E-state index in [9.17, 15) is 0 Å². The highest BCUT2D eigenvalue weighted by atomic mass is 14.7. The minimum absolute atomic E-state index is 0.250. The first kappa shape index (κ1) is 8.92. The lowest BCUT2D eigenvalue weighted by atomic mass is 9.84. The summed E-state index contributed by atoms with van der Waals surface area (Å²) in [6, 6.07) is 0. The summed E-state index contributed by atoms with van der Waals surface area (Å²) >= 11 is 0. The van der Waals surface area contributed by atoms with Crippen molar-refractivity contribution in [1.82, 2.24) is 0 Å². The van der Waals surface area contributed by atoms with Crippen molar-refractivity contribution in [1.29, 1.82) is 0 Å². The molecule has 0 amide bonds. The summed E-state index contributed by atoms with van der Waals surface area (Å²) in [6.07, 6.45) is 5.94. The molecule has 4 N–H and O–H groups in total. The van der Waals surface area contributed by atoms with E-state index in [4.69, 9.17) is 0 Å². The van der Waals surface area contributed by atoms with Crippen LogP contribution in [0, 0.1) is 5.92 Å². The molecule has 0 aromatic rings. The Hall–Kier alpha value is -0.0800. The Morgan fingerprint density at radius 3 is 1.78 bits per heavy atom. The molecular weight excluding hydrogens is 112 g/mol. The Morgan fingerprint density at radius 2 is 1.78 bits per heavy atom. The molecule has 0 atom stereocenters. The first-order chi connectivity index (χ1) is 4.35. The number of hydrogen-bond donors (Lipinski definition) is 2. The van der Waals surface area contributed by atoms with Crippen LogP contribution in [-0.2, 0) is 0 Å². The van der Waals surface area contributed by atoms with Gasteiger partial charge in [0.2, 0.25) is 0 Å². The molecule has 2 nitrogen and oxygen atoms in total. The Balaban J connectivity index is 0.000000187. The fourth-order valence-corrected chi connectivity index (χ4v) is 0.901. The quantitative estimate of drug-likeness (QED) is 0.521. The maximum absolute atomic E-state index is 4.62. The van der Waals surface area contributed by atoms with Crippen molar-refractivity contribution in [2.45, 2.75) is 32.6 Å². The Kier molecular flexibility index (Phi) is 5.99. The van der Waals surface area contributed by atoms with Gasteiger partial charge in [0.1, 0.15) is 0 Å². The van der Waals surface area contributed by atoms with Gasteiger partial charge in [0.25, 0.3) is 0 Å². The molecule has 0 radical (unpaired) electrons. The first-order valence-electron chi connectivity index (χ1n) is 3.75. The monoisotopic (exact) mass is 130 g/mol. The maximum Gasteiger partial charge on any atom is 0.0403 e. The van der Waals surface area contributed by atoms with E-state index in [0.29, 0.717) is 0 Å². The molecule has 2 heteroatoms. The van der Waals surface area contributed by atoms with Crippen LogP contribution in [0.3, 0.4) is 0 Å². The summed E-state index contributed by atoms with van der Waals surface area (Å²) in [5, 5.41) is 0. The van der Waals surface area contributed by atoms with Crippen LogP contribution in [0.25, 0.3) is 0 Å². The van der Waals surface area contributed by atoms with Gasteiger partial charge in [-0.3, -0.25) is 0 Å². The molecule has 0 aromatic carbocycles. The average molecular weight is 130 g/mol. The van der Waals surface area contributed by atoms with Crippen molar-refractivity contribution in [2.75, 3.05) is 6.67 Å². The second kappa shape index (κ2) is 6.05. The highest BCUT2D eigenvalue weighted by Crippen LogP contribution is 2.28. The van der Waals surface area contributed by atoms with E-state index >= 15 is 0 Å². The SMILES string of the molecule is CCC1CCC1.NCN. The van der Waals surface area contributed by atoms with Gasteiger partial charge >= 0.3 is 0 Å². The van der Waals surface area contributed by atoms with Gasteiger partial charge in [-0.25, -0.2) is 0 Å². The molecule has 0 unspecified atom stereocenters. The third kappa shape index (κ3) is 4.43. The predicted molar refractivity (Wildman–Crippen MR) is 40.9 cm³/mol. The lowest BCUT2D eigenvalue weighted by Gasteiger charge is -2.22.